The van der Waals surface area contributed by atoms with Crippen molar-refractivity contribution in [3.8, 4) is 11.5 Å². The van der Waals surface area contributed by atoms with Gasteiger partial charge in [0.15, 0.2) is 0 Å². The van der Waals surface area contributed by atoms with E-state index in [2.05, 4.69) is 111 Å². The number of hydrogen-bond donors (Lipinski definition) is 0. The molecule has 0 fully saturated rings. The van der Waals surface area contributed by atoms with E-state index in [1.807, 2.05) is 0 Å². The van der Waals surface area contributed by atoms with Crippen LogP contribution in [0.25, 0.3) is 11.1 Å². The van der Waals surface area contributed by atoms with Crippen molar-refractivity contribution in [3.05, 3.63) is 95.1 Å². The van der Waals surface area contributed by atoms with Crippen molar-refractivity contribution >= 4 is 11.1 Å². The summed E-state index contributed by atoms with van der Waals surface area (Å²) < 4.78 is 12.0. The van der Waals surface area contributed by atoms with E-state index in [9.17, 15) is 0 Å². The topological polar surface area (TPSA) is 24.9 Å². The highest BCUT2D eigenvalue weighted by Crippen LogP contribution is 2.41. The van der Waals surface area contributed by atoms with Crippen molar-refractivity contribution < 1.29 is 9.47 Å². The highest BCUT2D eigenvalue weighted by atomic mass is 16.5. The Bertz CT molecular complexity index is 1070. The van der Waals surface area contributed by atoms with Crippen LogP contribution in [0, 0.1) is 0 Å². The van der Waals surface area contributed by atoms with Gasteiger partial charge in [-0.25, -0.2) is 0 Å². The standard InChI is InChI=1S/C32H40N2O2/c1-33(2)21-7-23-35-28-16-11-26(12-17-28)32(31-20-15-25-9-5-6-10-30(25)31)27-13-18-29(19-14-27)36-24-8-22-34(3)4/h5-6,9-14,16-19H,7-8,15,20-24H2,1-4H3. The summed E-state index contributed by atoms with van der Waals surface area (Å²) in [6.07, 6.45) is 4.18. The number of benzene rings is 3. The predicted octanol–water partition coefficient (Wildman–Crippen LogP) is 6.25. The first kappa shape index (κ1) is 26.0. The molecule has 0 amide bonds. The van der Waals surface area contributed by atoms with E-state index in [4.69, 9.17) is 9.47 Å². The lowest BCUT2D eigenvalue weighted by atomic mass is 9.90. The van der Waals surface area contributed by atoms with E-state index in [-0.39, 0.29) is 0 Å². The number of nitrogens with zero attached hydrogens (tertiary/aromatic N) is 2. The van der Waals surface area contributed by atoms with Crippen LogP contribution in [0.1, 0.15) is 41.5 Å². The Morgan fingerprint density at radius 3 is 1.64 bits per heavy atom. The maximum Gasteiger partial charge on any atom is 0.119 e. The summed E-state index contributed by atoms with van der Waals surface area (Å²) in [6, 6.07) is 26.1. The fourth-order valence-corrected chi connectivity index (χ4v) is 4.78. The smallest absolute Gasteiger partial charge is 0.119 e. The molecule has 0 radical (unpaired) electrons. The lowest BCUT2D eigenvalue weighted by molar-refractivity contribution is 0.281. The molecule has 0 saturated heterocycles. The van der Waals surface area contributed by atoms with Gasteiger partial charge >= 0.3 is 0 Å². The normalized spacial score (nSPS) is 12.8. The highest BCUT2D eigenvalue weighted by Gasteiger charge is 2.21. The van der Waals surface area contributed by atoms with Crippen LogP contribution in [-0.4, -0.2) is 64.3 Å². The van der Waals surface area contributed by atoms with Crippen molar-refractivity contribution in [2.24, 2.45) is 0 Å². The molecule has 0 aliphatic heterocycles. The van der Waals surface area contributed by atoms with Crippen molar-refractivity contribution in [2.75, 3.05) is 54.5 Å². The minimum Gasteiger partial charge on any atom is -0.494 e. The van der Waals surface area contributed by atoms with E-state index in [1.165, 1.54) is 33.4 Å². The van der Waals surface area contributed by atoms with Crippen molar-refractivity contribution in [1.29, 1.82) is 0 Å². The van der Waals surface area contributed by atoms with Gasteiger partial charge in [-0.1, -0.05) is 48.5 Å². The van der Waals surface area contributed by atoms with Crippen LogP contribution >= 0.6 is 0 Å². The average Bonchev–Trinajstić information content (AvgIpc) is 3.30. The first-order valence-corrected chi connectivity index (χ1v) is 13.1. The molecule has 1 aliphatic rings. The third-order valence-corrected chi connectivity index (χ3v) is 6.61. The number of allylic oxidation sites excluding steroid dienone is 1. The Labute approximate surface area is 217 Å². The van der Waals surface area contributed by atoms with Crippen LogP contribution in [0.15, 0.2) is 72.8 Å². The number of rotatable bonds is 12. The second-order valence-corrected chi connectivity index (χ2v) is 10.1. The molecule has 4 nitrogen and oxygen atoms in total. The predicted molar refractivity (Wildman–Crippen MR) is 151 cm³/mol. The van der Waals surface area contributed by atoms with Gasteiger partial charge in [0, 0.05) is 13.1 Å². The van der Waals surface area contributed by atoms with Crippen LogP contribution in [0.5, 0.6) is 11.5 Å². The first-order valence-electron chi connectivity index (χ1n) is 13.1. The molecule has 4 rings (SSSR count). The largest absolute Gasteiger partial charge is 0.494 e. The molecule has 3 aromatic carbocycles. The molecule has 36 heavy (non-hydrogen) atoms. The summed E-state index contributed by atoms with van der Waals surface area (Å²) in [5.41, 5.74) is 7.99. The minimum absolute atomic E-state index is 0.731. The van der Waals surface area contributed by atoms with Crippen LogP contribution in [0.4, 0.5) is 0 Å². The molecule has 3 aromatic rings. The lowest BCUT2D eigenvalue weighted by Crippen LogP contribution is -2.15. The summed E-state index contributed by atoms with van der Waals surface area (Å²) in [7, 11) is 8.37. The third-order valence-electron chi connectivity index (χ3n) is 6.61. The van der Waals surface area contributed by atoms with Gasteiger partial charge in [-0.05, 0) is 112 Å². The summed E-state index contributed by atoms with van der Waals surface area (Å²) >= 11 is 0. The highest BCUT2D eigenvalue weighted by molar-refractivity contribution is 6.00. The van der Waals surface area contributed by atoms with Gasteiger partial charge in [-0.3, -0.25) is 0 Å². The Hall–Kier alpha value is -3.08. The number of hydrogen-bond acceptors (Lipinski definition) is 4. The van der Waals surface area contributed by atoms with E-state index in [0.29, 0.717) is 0 Å². The minimum atomic E-state index is 0.731. The molecule has 0 bridgehead atoms. The second-order valence-electron chi connectivity index (χ2n) is 10.1. The summed E-state index contributed by atoms with van der Waals surface area (Å²) in [4.78, 5) is 4.37. The van der Waals surface area contributed by atoms with Crippen LogP contribution in [0.3, 0.4) is 0 Å². The number of aryl methyl sites for hydroxylation is 1. The Morgan fingerprint density at radius 2 is 1.14 bits per heavy atom. The molecule has 0 saturated carbocycles. The molecule has 0 atom stereocenters. The maximum absolute atomic E-state index is 5.99. The molecule has 0 aromatic heterocycles. The van der Waals surface area contributed by atoms with E-state index >= 15 is 0 Å². The number of fused-ring (bicyclic) bond motifs is 1. The van der Waals surface area contributed by atoms with Gasteiger partial charge in [0.05, 0.1) is 13.2 Å². The zero-order valence-electron chi connectivity index (χ0n) is 22.3. The molecule has 4 heteroatoms. The van der Waals surface area contributed by atoms with Crippen molar-refractivity contribution in [1.82, 2.24) is 9.80 Å². The van der Waals surface area contributed by atoms with Gasteiger partial charge in [-0.2, -0.15) is 0 Å². The fourth-order valence-electron chi connectivity index (χ4n) is 4.78. The average molecular weight is 485 g/mol. The van der Waals surface area contributed by atoms with Crippen molar-refractivity contribution in [3.63, 3.8) is 0 Å². The fraction of sp³-hybridized carbons (Fsp3) is 0.375. The third kappa shape index (κ3) is 6.99. The van der Waals surface area contributed by atoms with Crippen LogP contribution < -0.4 is 9.47 Å². The molecule has 0 unspecified atom stereocenters. The zero-order chi connectivity index (χ0) is 25.3. The van der Waals surface area contributed by atoms with E-state index in [0.717, 1.165) is 63.5 Å². The quantitative estimate of drug-likeness (QED) is 0.284. The summed E-state index contributed by atoms with van der Waals surface area (Å²) in [5, 5.41) is 0. The molecule has 190 valence electrons. The Kier molecular flexibility index (Phi) is 9.21. The SMILES string of the molecule is CN(C)CCCOc1ccc(C(=C2CCc3ccccc32)c2ccc(OCCCN(C)C)cc2)cc1. The maximum atomic E-state index is 5.99. The van der Waals surface area contributed by atoms with Gasteiger partial charge in [-0.15, -0.1) is 0 Å². The monoisotopic (exact) mass is 484 g/mol. The first-order chi connectivity index (χ1) is 17.5. The molecule has 0 heterocycles. The lowest BCUT2D eigenvalue weighted by Gasteiger charge is -2.16. The van der Waals surface area contributed by atoms with E-state index in [1.54, 1.807) is 0 Å². The Balaban J connectivity index is 1.57. The Morgan fingerprint density at radius 1 is 0.639 bits per heavy atom. The summed E-state index contributed by atoms with van der Waals surface area (Å²) in [6.45, 7) is 3.52. The van der Waals surface area contributed by atoms with Gasteiger partial charge in [0.2, 0.25) is 0 Å². The molecule has 1 aliphatic carbocycles. The van der Waals surface area contributed by atoms with E-state index < -0.39 is 0 Å². The molecule has 0 spiro atoms. The second kappa shape index (κ2) is 12.8. The van der Waals surface area contributed by atoms with Crippen molar-refractivity contribution in [2.45, 2.75) is 25.7 Å². The molecular formula is C32H40N2O2. The number of ether oxygens (including phenoxy) is 2. The van der Waals surface area contributed by atoms with Gasteiger partial charge in [0.25, 0.3) is 0 Å². The molecule has 0 N–H and O–H groups in total. The van der Waals surface area contributed by atoms with Crippen LogP contribution in [-0.2, 0) is 6.42 Å². The summed E-state index contributed by atoms with van der Waals surface area (Å²) in [5.74, 6) is 1.85. The van der Waals surface area contributed by atoms with Gasteiger partial charge in [0.1, 0.15) is 11.5 Å². The molecular weight excluding hydrogens is 444 g/mol. The zero-order valence-corrected chi connectivity index (χ0v) is 22.3. The van der Waals surface area contributed by atoms with Crippen LogP contribution in [0.2, 0.25) is 0 Å². The van der Waals surface area contributed by atoms with Gasteiger partial charge < -0.3 is 19.3 Å².